The first-order valence-corrected chi connectivity index (χ1v) is 9.35. The van der Waals surface area contributed by atoms with Crippen molar-refractivity contribution >= 4 is 15.7 Å². The second-order valence-electron chi connectivity index (χ2n) is 6.23. The van der Waals surface area contributed by atoms with Gasteiger partial charge in [0.25, 0.3) is 0 Å². The normalized spacial score (nSPS) is 23.6. The molecule has 6 heteroatoms. The molecule has 2 aliphatic rings. The molecule has 2 aromatic rings. The zero-order valence-corrected chi connectivity index (χ0v) is 14.1. The topological polar surface area (TPSA) is 59.0 Å². The molecule has 2 atom stereocenters. The van der Waals surface area contributed by atoms with E-state index in [9.17, 15) is 8.42 Å². The molecule has 1 fully saturated rings. The molecule has 0 bridgehead atoms. The van der Waals surface area contributed by atoms with Crippen molar-refractivity contribution in [1.82, 2.24) is 4.31 Å². The number of fused-ring (bicyclic) bond motifs is 1. The molecule has 0 aliphatic carbocycles. The maximum atomic E-state index is 12.9. The Morgan fingerprint density at radius 2 is 1.88 bits per heavy atom. The van der Waals surface area contributed by atoms with E-state index in [1.807, 2.05) is 43.3 Å². The summed E-state index contributed by atoms with van der Waals surface area (Å²) in [5, 5.41) is 4.19. The third-order valence-electron chi connectivity index (χ3n) is 4.57. The smallest absolute Gasteiger partial charge is 0.243 e. The van der Waals surface area contributed by atoms with Crippen molar-refractivity contribution in [2.24, 2.45) is 11.1 Å². The van der Waals surface area contributed by atoms with Crippen molar-refractivity contribution < 1.29 is 13.3 Å². The first-order valence-electron chi connectivity index (χ1n) is 7.91. The molecule has 0 radical (unpaired) electrons. The Morgan fingerprint density at radius 3 is 2.62 bits per heavy atom. The van der Waals surface area contributed by atoms with Gasteiger partial charge in [-0.25, -0.2) is 8.42 Å². The van der Waals surface area contributed by atoms with Crippen LogP contribution in [0.5, 0.6) is 0 Å². The summed E-state index contributed by atoms with van der Waals surface area (Å²) in [6, 6.07) is 16.8. The van der Waals surface area contributed by atoms with E-state index in [1.165, 1.54) is 4.31 Å². The largest absolute Gasteiger partial charge is 0.390 e. The quantitative estimate of drug-likeness (QED) is 0.861. The second-order valence-corrected chi connectivity index (χ2v) is 8.17. The summed E-state index contributed by atoms with van der Waals surface area (Å²) in [5.74, 6) is -0.0213. The van der Waals surface area contributed by atoms with Crippen LogP contribution in [-0.4, -0.2) is 37.6 Å². The van der Waals surface area contributed by atoms with Crippen molar-refractivity contribution in [1.29, 1.82) is 0 Å². The summed E-state index contributed by atoms with van der Waals surface area (Å²) in [5.41, 5.74) is 2.75. The molecule has 0 saturated carbocycles. The minimum Gasteiger partial charge on any atom is -0.390 e. The maximum Gasteiger partial charge on any atom is 0.243 e. The van der Waals surface area contributed by atoms with Gasteiger partial charge in [0.2, 0.25) is 10.0 Å². The lowest BCUT2D eigenvalue weighted by Crippen LogP contribution is -2.30. The van der Waals surface area contributed by atoms with Crippen LogP contribution in [0.1, 0.15) is 11.1 Å². The predicted octanol–water partition coefficient (Wildman–Crippen LogP) is 2.42. The molecule has 24 heavy (non-hydrogen) atoms. The third kappa shape index (κ3) is 2.52. The van der Waals surface area contributed by atoms with Crippen LogP contribution in [0.3, 0.4) is 0 Å². The molecule has 0 aromatic heterocycles. The number of hydrogen-bond donors (Lipinski definition) is 0. The van der Waals surface area contributed by atoms with E-state index in [0.717, 1.165) is 16.8 Å². The Hall–Kier alpha value is -2.18. The SMILES string of the molecule is Cc1cccc(S(=O)(=O)N2CC3ON=C(c4ccccc4)C3C2)c1. The highest BCUT2D eigenvalue weighted by molar-refractivity contribution is 7.89. The Labute approximate surface area is 141 Å². The van der Waals surface area contributed by atoms with Crippen LogP contribution in [0.2, 0.25) is 0 Å². The molecule has 2 aromatic carbocycles. The van der Waals surface area contributed by atoms with E-state index in [-0.39, 0.29) is 12.0 Å². The highest BCUT2D eigenvalue weighted by Gasteiger charge is 2.46. The highest BCUT2D eigenvalue weighted by Crippen LogP contribution is 2.33. The van der Waals surface area contributed by atoms with Gasteiger partial charge in [-0.15, -0.1) is 0 Å². The fourth-order valence-corrected chi connectivity index (χ4v) is 4.88. The van der Waals surface area contributed by atoms with Gasteiger partial charge in [-0.05, 0) is 30.2 Å². The van der Waals surface area contributed by atoms with Crippen LogP contribution in [-0.2, 0) is 14.9 Å². The van der Waals surface area contributed by atoms with Gasteiger partial charge in [0, 0.05) is 6.54 Å². The molecule has 1 saturated heterocycles. The number of aryl methyl sites for hydroxylation is 1. The standard InChI is InChI=1S/C18H18N2O3S/c1-13-6-5-9-15(10-13)24(21,22)20-11-16-17(12-20)23-19-18(16)14-7-3-2-4-8-14/h2-10,16-17H,11-12H2,1H3. The van der Waals surface area contributed by atoms with Crippen LogP contribution in [0.25, 0.3) is 0 Å². The van der Waals surface area contributed by atoms with Gasteiger partial charge < -0.3 is 4.84 Å². The summed E-state index contributed by atoms with van der Waals surface area (Å²) in [6.45, 7) is 2.62. The molecule has 5 nitrogen and oxygen atoms in total. The van der Waals surface area contributed by atoms with Gasteiger partial charge >= 0.3 is 0 Å². The maximum absolute atomic E-state index is 12.9. The highest BCUT2D eigenvalue weighted by atomic mass is 32.2. The fraction of sp³-hybridized carbons (Fsp3) is 0.278. The number of benzene rings is 2. The van der Waals surface area contributed by atoms with Crippen molar-refractivity contribution in [3.05, 3.63) is 65.7 Å². The molecule has 0 N–H and O–H groups in total. The number of sulfonamides is 1. The predicted molar refractivity (Wildman–Crippen MR) is 91.3 cm³/mol. The molecular formula is C18H18N2O3S. The van der Waals surface area contributed by atoms with Crippen LogP contribution in [0.4, 0.5) is 0 Å². The van der Waals surface area contributed by atoms with Crippen LogP contribution in [0, 0.1) is 12.8 Å². The van der Waals surface area contributed by atoms with Crippen LogP contribution >= 0.6 is 0 Å². The lowest BCUT2D eigenvalue weighted by molar-refractivity contribution is 0.0803. The number of hydrogen-bond acceptors (Lipinski definition) is 4. The van der Waals surface area contributed by atoms with Gasteiger partial charge in [0.05, 0.1) is 23.1 Å². The molecule has 2 aliphatic heterocycles. The summed E-state index contributed by atoms with van der Waals surface area (Å²) < 4.78 is 27.3. The summed E-state index contributed by atoms with van der Waals surface area (Å²) in [7, 11) is -3.51. The van der Waals surface area contributed by atoms with Gasteiger partial charge in [0.1, 0.15) is 0 Å². The molecule has 0 spiro atoms. The van der Waals surface area contributed by atoms with Crippen molar-refractivity contribution in [3.8, 4) is 0 Å². The minimum absolute atomic E-state index is 0.0213. The van der Waals surface area contributed by atoms with E-state index < -0.39 is 10.0 Å². The molecule has 0 amide bonds. The minimum atomic E-state index is -3.51. The van der Waals surface area contributed by atoms with Crippen molar-refractivity contribution in [2.45, 2.75) is 17.9 Å². The van der Waals surface area contributed by atoms with Gasteiger partial charge in [0.15, 0.2) is 6.10 Å². The van der Waals surface area contributed by atoms with E-state index in [1.54, 1.807) is 18.2 Å². The van der Waals surface area contributed by atoms with Gasteiger partial charge in [-0.3, -0.25) is 0 Å². The number of oxime groups is 1. The van der Waals surface area contributed by atoms with Crippen LogP contribution < -0.4 is 0 Å². The van der Waals surface area contributed by atoms with Gasteiger partial charge in [-0.1, -0.05) is 47.6 Å². The van der Waals surface area contributed by atoms with Gasteiger partial charge in [-0.2, -0.15) is 4.31 Å². The summed E-state index contributed by atoms with van der Waals surface area (Å²) >= 11 is 0. The monoisotopic (exact) mass is 342 g/mol. The molecule has 2 heterocycles. The number of nitrogens with zero attached hydrogens (tertiary/aromatic N) is 2. The molecular weight excluding hydrogens is 324 g/mol. The average molecular weight is 342 g/mol. The lowest BCUT2D eigenvalue weighted by atomic mass is 9.95. The first-order chi connectivity index (χ1) is 11.6. The van der Waals surface area contributed by atoms with Crippen molar-refractivity contribution in [2.75, 3.05) is 13.1 Å². The Kier molecular flexibility index (Phi) is 3.66. The second kappa shape index (κ2) is 5.72. The average Bonchev–Trinajstić information content (AvgIpc) is 3.16. The lowest BCUT2D eigenvalue weighted by Gasteiger charge is -2.17. The first kappa shape index (κ1) is 15.4. The van der Waals surface area contributed by atoms with E-state index >= 15 is 0 Å². The Balaban J connectivity index is 1.60. The van der Waals surface area contributed by atoms with E-state index in [2.05, 4.69) is 5.16 Å². The zero-order valence-electron chi connectivity index (χ0n) is 13.3. The van der Waals surface area contributed by atoms with E-state index in [4.69, 9.17) is 4.84 Å². The number of rotatable bonds is 3. The van der Waals surface area contributed by atoms with E-state index in [0.29, 0.717) is 18.0 Å². The molecule has 124 valence electrons. The Bertz CT molecular complexity index is 893. The Morgan fingerprint density at radius 1 is 1.08 bits per heavy atom. The summed E-state index contributed by atoms with van der Waals surface area (Å²) in [6.07, 6.45) is -0.209. The van der Waals surface area contributed by atoms with Crippen LogP contribution in [0.15, 0.2) is 64.6 Å². The molecule has 2 unspecified atom stereocenters. The third-order valence-corrected chi connectivity index (χ3v) is 6.39. The summed E-state index contributed by atoms with van der Waals surface area (Å²) in [4.78, 5) is 5.84. The molecule has 4 rings (SSSR count). The fourth-order valence-electron chi connectivity index (χ4n) is 3.30. The zero-order chi connectivity index (χ0) is 16.7. The van der Waals surface area contributed by atoms with Crippen molar-refractivity contribution in [3.63, 3.8) is 0 Å².